The highest BCUT2D eigenvalue weighted by molar-refractivity contribution is 5.50. The normalized spacial score (nSPS) is 24.2. The average Bonchev–Trinajstić information content (AvgIpc) is 3.15. The van der Waals surface area contributed by atoms with Crippen LogP contribution in [0.5, 0.6) is 11.5 Å². The Morgan fingerprint density at radius 3 is 3.05 bits per heavy atom. The number of imidazole rings is 1. The van der Waals surface area contributed by atoms with Crippen molar-refractivity contribution >= 4 is 0 Å². The molecule has 1 fully saturated rings. The molecule has 1 aromatic carbocycles. The topological polar surface area (TPSA) is 48.3 Å². The summed E-state index contributed by atoms with van der Waals surface area (Å²) >= 11 is 0. The van der Waals surface area contributed by atoms with Crippen molar-refractivity contribution in [1.82, 2.24) is 14.9 Å². The van der Waals surface area contributed by atoms with Crippen molar-refractivity contribution in [2.75, 3.05) is 6.79 Å². The number of nitrogens with zero attached hydrogens (tertiary/aromatic N) is 2. The molecule has 2 aliphatic rings. The van der Waals surface area contributed by atoms with E-state index < -0.39 is 0 Å². The number of fused-ring (bicyclic) bond motifs is 1. The molecule has 3 heterocycles. The van der Waals surface area contributed by atoms with Gasteiger partial charge in [0.1, 0.15) is 0 Å². The molecule has 2 atom stereocenters. The minimum Gasteiger partial charge on any atom is -0.454 e. The SMILES string of the molecule is CC1CCCC(c2cncn2-c2ccc3c(c2)OCO3)N1. The Morgan fingerprint density at radius 2 is 2.14 bits per heavy atom. The Balaban J connectivity index is 1.68. The van der Waals surface area contributed by atoms with Crippen LogP contribution < -0.4 is 14.8 Å². The van der Waals surface area contributed by atoms with Gasteiger partial charge in [0.25, 0.3) is 0 Å². The van der Waals surface area contributed by atoms with Gasteiger partial charge in [0.15, 0.2) is 11.5 Å². The molecular weight excluding hydrogens is 266 g/mol. The summed E-state index contributed by atoms with van der Waals surface area (Å²) in [6, 6.07) is 6.94. The number of hydrogen-bond acceptors (Lipinski definition) is 4. The van der Waals surface area contributed by atoms with E-state index in [0.29, 0.717) is 18.9 Å². The lowest BCUT2D eigenvalue weighted by molar-refractivity contribution is 0.174. The largest absolute Gasteiger partial charge is 0.454 e. The minimum atomic E-state index is 0.303. The van der Waals surface area contributed by atoms with E-state index in [0.717, 1.165) is 23.6 Å². The predicted octanol–water partition coefficient (Wildman–Crippen LogP) is 2.80. The third kappa shape index (κ3) is 2.27. The molecule has 21 heavy (non-hydrogen) atoms. The van der Waals surface area contributed by atoms with Gasteiger partial charge >= 0.3 is 0 Å². The van der Waals surface area contributed by atoms with Crippen molar-refractivity contribution in [3.63, 3.8) is 0 Å². The van der Waals surface area contributed by atoms with Gasteiger partial charge in [-0.15, -0.1) is 0 Å². The molecule has 0 saturated carbocycles. The van der Waals surface area contributed by atoms with Gasteiger partial charge in [-0.2, -0.15) is 0 Å². The maximum absolute atomic E-state index is 5.47. The van der Waals surface area contributed by atoms with E-state index >= 15 is 0 Å². The second kappa shape index (κ2) is 5.07. The smallest absolute Gasteiger partial charge is 0.231 e. The number of piperidine rings is 1. The Hall–Kier alpha value is -2.01. The van der Waals surface area contributed by atoms with Crippen LogP contribution in [0.3, 0.4) is 0 Å². The molecule has 0 aliphatic carbocycles. The van der Waals surface area contributed by atoms with E-state index in [4.69, 9.17) is 9.47 Å². The van der Waals surface area contributed by atoms with E-state index in [9.17, 15) is 0 Å². The molecule has 0 spiro atoms. The third-order valence-corrected chi connectivity index (χ3v) is 4.27. The maximum atomic E-state index is 5.47. The second-order valence-corrected chi connectivity index (χ2v) is 5.78. The zero-order valence-electron chi connectivity index (χ0n) is 12.1. The van der Waals surface area contributed by atoms with Crippen LogP contribution in [0.15, 0.2) is 30.7 Å². The van der Waals surface area contributed by atoms with Gasteiger partial charge in [0.2, 0.25) is 6.79 Å². The summed E-state index contributed by atoms with van der Waals surface area (Å²) in [6.45, 7) is 2.55. The van der Waals surface area contributed by atoms with Gasteiger partial charge < -0.3 is 19.4 Å². The molecule has 0 radical (unpaired) electrons. The predicted molar refractivity (Wildman–Crippen MR) is 78.9 cm³/mol. The van der Waals surface area contributed by atoms with Crippen LogP contribution in [0.25, 0.3) is 5.69 Å². The number of ether oxygens (including phenoxy) is 2. The molecule has 4 rings (SSSR count). The monoisotopic (exact) mass is 285 g/mol. The Kier molecular flexibility index (Phi) is 3.07. The van der Waals surface area contributed by atoms with Gasteiger partial charge in [-0.1, -0.05) is 0 Å². The zero-order valence-corrected chi connectivity index (χ0v) is 12.1. The van der Waals surface area contributed by atoms with Crippen molar-refractivity contribution in [3.05, 3.63) is 36.4 Å². The highest BCUT2D eigenvalue weighted by Gasteiger charge is 2.23. The lowest BCUT2D eigenvalue weighted by Gasteiger charge is -2.29. The number of aromatic nitrogens is 2. The first-order valence-corrected chi connectivity index (χ1v) is 7.49. The fourth-order valence-corrected chi connectivity index (χ4v) is 3.19. The summed E-state index contributed by atoms with van der Waals surface area (Å²) < 4.78 is 13.0. The van der Waals surface area contributed by atoms with Crippen molar-refractivity contribution in [1.29, 1.82) is 0 Å². The number of nitrogens with one attached hydrogen (secondary N) is 1. The van der Waals surface area contributed by atoms with Crippen LogP contribution in [0.4, 0.5) is 0 Å². The van der Waals surface area contributed by atoms with Crippen LogP contribution >= 0.6 is 0 Å². The first-order chi connectivity index (χ1) is 10.3. The van der Waals surface area contributed by atoms with Crippen LogP contribution in [0.1, 0.15) is 37.9 Å². The van der Waals surface area contributed by atoms with E-state index in [1.807, 2.05) is 30.7 Å². The zero-order chi connectivity index (χ0) is 14.2. The van der Waals surface area contributed by atoms with Gasteiger partial charge in [-0.25, -0.2) is 4.98 Å². The van der Waals surface area contributed by atoms with Gasteiger partial charge in [0, 0.05) is 18.2 Å². The molecule has 5 heteroatoms. The molecule has 0 amide bonds. The molecule has 1 N–H and O–H groups in total. The Labute approximate surface area is 123 Å². The minimum absolute atomic E-state index is 0.303. The Morgan fingerprint density at radius 1 is 1.24 bits per heavy atom. The standard InChI is InChI=1S/C16H19N3O2/c1-11-3-2-4-13(18-11)14-8-17-9-19(14)12-5-6-15-16(7-12)21-10-20-15/h5-9,11,13,18H,2-4,10H2,1H3. The van der Waals surface area contributed by atoms with E-state index in [1.165, 1.54) is 18.5 Å². The molecule has 2 aliphatic heterocycles. The van der Waals surface area contributed by atoms with Crippen LogP contribution in [0, 0.1) is 0 Å². The van der Waals surface area contributed by atoms with E-state index in [1.54, 1.807) is 0 Å². The van der Waals surface area contributed by atoms with Crippen molar-refractivity contribution < 1.29 is 9.47 Å². The van der Waals surface area contributed by atoms with Crippen LogP contribution in [-0.4, -0.2) is 22.4 Å². The van der Waals surface area contributed by atoms with E-state index in [2.05, 4.69) is 21.8 Å². The van der Waals surface area contributed by atoms with Gasteiger partial charge in [0.05, 0.1) is 23.9 Å². The molecule has 1 saturated heterocycles. The molecule has 110 valence electrons. The highest BCUT2D eigenvalue weighted by Crippen LogP contribution is 2.35. The fraction of sp³-hybridized carbons (Fsp3) is 0.438. The second-order valence-electron chi connectivity index (χ2n) is 5.78. The summed E-state index contributed by atoms with van der Waals surface area (Å²) in [5.41, 5.74) is 2.27. The quantitative estimate of drug-likeness (QED) is 0.921. The third-order valence-electron chi connectivity index (χ3n) is 4.27. The molecule has 1 aromatic heterocycles. The summed E-state index contributed by atoms with van der Waals surface area (Å²) in [4.78, 5) is 4.34. The summed E-state index contributed by atoms with van der Waals surface area (Å²) in [6.07, 6.45) is 7.48. The van der Waals surface area contributed by atoms with Crippen molar-refractivity contribution in [2.45, 2.75) is 38.3 Å². The molecule has 0 bridgehead atoms. The first-order valence-electron chi connectivity index (χ1n) is 7.49. The van der Waals surface area contributed by atoms with Gasteiger partial charge in [-0.3, -0.25) is 0 Å². The van der Waals surface area contributed by atoms with Crippen LogP contribution in [-0.2, 0) is 0 Å². The number of benzene rings is 1. The lowest BCUT2D eigenvalue weighted by atomic mass is 9.97. The molecule has 5 nitrogen and oxygen atoms in total. The fourth-order valence-electron chi connectivity index (χ4n) is 3.19. The highest BCUT2D eigenvalue weighted by atomic mass is 16.7. The number of rotatable bonds is 2. The molecule has 2 aromatic rings. The first kappa shape index (κ1) is 12.7. The van der Waals surface area contributed by atoms with Crippen molar-refractivity contribution in [2.24, 2.45) is 0 Å². The summed E-state index contributed by atoms with van der Waals surface area (Å²) in [5.74, 6) is 1.61. The Bertz CT molecular complexity index is 653. The molecular formula is C16H19N3O2. The summed E-state index contributed by atoms with van der Waals surface area (Å²) in [7, 11) is 0. The van der Waals surface area contributed by atoms with Crippen LogP contribution in [0.2, 0.25) is 0 Å². The maximum Gasteiger partial charge on any atom is 0.231 e. The molecule has 2 unspecified atom stereocenters. The van der Waals surface area contributed by atoms with E-state index in [-0.39, 0.29) is 0 Å². The van der Waals surface area contributed by atoms with Crippen molar-refractivity contribution in [3.8, 4) is 17.2 Å². The van der Waals surface area contributed by atoms with Gasteiger partial charge in [-0.05, 0) is 38.3 Å². The lowest BCUT2D eigenvalue weighted by Crippen LogP contribution is -2.35. The average molecular weight is 285 g/mol. The number of hydrogen-bond donors (Lipinski definition) is 1. The summed E-state index contributed by atoms with van der Waals surface area (Å²) in [5, 5.41) is 3.66.